The van der Waals surface area contributed by atoms with E-state index in [0.717, 1.165) is 55.6 Å². The normalized spacial score (nSPS) is 24.6. The summed E-state index contributed by atoms with van der Waals surface area (Å²) in [6.45, 7) is 3.20. The van der Waals surface area contributed by atoms with Crippen LogP contribution in [0.1, 0.15) is 81.3 Å². The number of hydrogen-bond acceptors (Lipinski definition) is 14. The summed E-state index contributed by atoms with van der Waals surface area (Å²) in [4.78, 5) is 0. The van der Waals surface area contributed by atoms with Crippen LogP contribution in [0.4, 0.5) is 0 Å². The molecule has 0 aromatic heterocycles. The Bertz CT molecular complexity index is 3970. The molecule has 105 heavy (non-hydrogen) atoms. The summed E-state index contributed by atoms with van der Waals surface area (Å²) in [5.41, 5.74) is 10.1. The van der Waals surface area contributed by atoms with Crippen molar-refractivity contribution in [2.45, 2.75) is 183 Å². The van der Waals surface area contributed by atoms with Crippen LogP contribution in [0.25, 0.3) is 0 Å². The molecule has 0 N–H and O–H groups in total. The summed E-state index contributed by atoms with van der Waals surface area (Å²) >= 11 is 0. The first kappa shape index (κ1) is 74.9. The fraction of sp³-hybridized carbons (Fsp3) is 0.341. The Morgan fingerprint density at radius 3 is 0.619 bits per heavy atom. The van der Waals surface area contributed by atoms with Crippen LogP contribution in [-0.2, 0) is 132 Å². The topological polar surface area (TPSA) is 129 Å². The molecule has 15 atom stereocenters. The van der Waals surface area contributed by atoms with Gasteiger partial charge in [-0.2, -0.15) is 0 Å². The molecule has 3 aliphatic heterocycles. The summed E-state index contributed by atoms with van der Waals surface area (Å²) < 4.78 is 101. The molecule has 14 heteroatoms. The smallest absolute Gasteiger partial charge is 0.186 e. The van der Waals surface area contributed by atoms with Crippen molar-refractivity contribution in [2.24, 2.45) is 0 Å². The van der Waals surface area contributed by atoms with Gasteiger partial charge in [0.25, 0.3) is 0 Å². The molecule has 3 heterocycles. The lowest BCUT2D eigenvalue weighted by molar-refractivity contribution is -0.320. The second-order valence-corrected chi connectivity index (χ2v) is 27.2. The third-order valence-electron chi connectivity index (χ3n) is 19.7. The van der Waals surface area contributed by atoms with Gasteiger partial charge in [0.05, 0.1) is 97.1 Å². The van der Waals surface area contributed by atoms with E-state index in [-0.39, 0.29) is 33.0 Å². The van der Waals surface area contributed by atoms with Crippen LogP contribution in [0.2, 0.25) is 0 Å². The number of ether oxygens (including phenoxy) is 14. The molecule has 13 rings (SSSR count). The van der Waals surface area contributed by atoms with Crippen LogP contribution in [-0.4, -0.2) is 105 Å². The van der Waals surface area contributed by atoms with E-state index in [2.05, 4.69) is 121 Å². The number of methoxy groups -OCH3 is 1. The Balaban J connectivity index is 0.877. The molecule has 546 valence electrons. The number of rotatable bonds is 38. The monoisotopic (exact) mass is 1410 g/mol. The second kappa shape index (κ2) is 40.4. The van der Waals surface area contributed by atoms with E-state index in [1.807, 2.05) is 182 Å². The van der Waals surface area contributed by atoms with Crippen LogP contribution < -0.4 is 0 Å². The summed E-state index contributed by atoms with van der Waals surface area (Å²) in [6.07, 6.45) is -8.11. The van der Waals surface area contributed by atoms with Crippen LogP contribution in [0, 0.1) is 0 Å². The van der Waals surface area contributed by atoms with Gasteiger partial charge >= 0.3 is 0 Å². The Hall–Kier alpha value is -8.36. The minimum absolute atomic E-state index is 0.212. The maximum Gasteiger partial charge on any atom is 0.186 e. The molecule has 3 fully saturated rings. The first-order valence-corrected chi connectivity index (χ1v) is 37.0. The van der Waals surface area contributed by atoms with Gasteiger partial charge < -0.3 is 66.3 Å². The Labute approximate surface area is 619 Å². The highest BCUT2D eigenvalue weighted by Crippen LogP contribution is 2.40. The molecule has 0 unspecified atom stereocenters. The Kier molecular flexibility index (Phi) is 28.8. The highest BCUT2D eigenvalue weighted by Gasteiger charge is 2.53. The molecular weight excluding hydrogens is 1320 g/mol. The fourth-order valence-electron chi connectivity index (χ4n) is 14.3. The van der Waals surface area contributed by atoms with Gasteiger partial charge in [-0.05, 0) is 81.3 Å². The zero-order chi connectivity index (χ0) is 71.3. The van der Waals surface area contributed by atoms with E-state index in [0.29, 0.717) is 65.3 Å². The maximum atomic E-state index is 7.87. The first-order valence-electron chi connectivity index (χ1n) is 37.0. The average molecular weight is 1420 g/mol. The molecule has 10 aromatic carbocycles. The van der Waals surface area contributed by atoms with Crippen molar-refractivity contribution in [1.29, 1.82) is 0 Å². The molecular formula is C91H98O14. The van der Waals surface area contributed by atoms with E-state index in [1.54, 1.807) is 7.11 Å². The van der Waals surface area contributed by atoms with Gasteiger partial charge in [-0.15, -0.1) is 0 Å². The lowest BCUT2D eigenvalue weighted by Gasteiger charge is -2.49. The van der Waals surface area contributed by atoms with Crippen LogP contribution in [0.3, 0.4) is 0 Å². The predicted molar refractivity (Wildman–Crippen MR) is 403 cm³/mol. The van der Waals surface area contributed by atoms with Gasteiger partial charge in [-0.3, -0.25) is 0 Å². The van der Waals surface area contributed by atoms with Crippen molar-refractivity contribution in [1.82, 2.24) is 0 Å². The summed E-state index contributed by atoms with van der Waals surface area (Å²) in [5.74, 6) is 0. The van der Waals surface area contributed by atoms with Crippen LogP contribution in [0.5, 0.6) is 0 Å². The molecule has 0 amide bonds. The largest absolute Gasteiger partial charge is 0.374 e. The minimum atomic E-state index is -0.845. The van der Waals surface area contributed by atoms with Gasteiger partial charge in [-0.1, -0.05) is 303 Å². The summed E-state index contributed by atoms with van der Waals surface area (Å²) in [7, 11) is 1.66. The minimum Gasteiger partial charge on any atom is -0.374 e. The lowest BCUT2D eigenvalue weighted by atomic mass is 9.86. The van der Waals surface area contributed by atoms with Gasteiger partial charge in [0.1, 0.15) is 61.0 Å². The predicted octanol–water partition coefficient (Wildman–Crippen LogP) is 16.9. The summed E-state index contributed by atoms with van der Waals surface area (Å²) in [5, 5.41) is 0. The highest BCUT2D eigenvalue weighted by molar-refractivity contribution is 5.22. The average Bonchev–Trinajstić information content (AvgIpc) is 0.804. The van der Waals surface area contributed by atoms with Gasteiger partial charge in [-0.25, -0.2) is 0 Å². The molecule has 3 saturated heterocycles. The van der Waals surface area contributed by atoms with Gasteiger partial charge in [0.2, 0.25) is 0 Å². The van der Waals surface area contributed by atoms with Crippen molar-refractivity contribution >= 4 is 0 Å². The van der Waals surface area contributed by atoms with Crippen molar-refractivity contribution in [2.75, 3.05) is 13.7 Å². The van der Waals surface area contributed by atoms with Crippen molar-refractivity contribution < 1.29 is 66.3 Å². The summed E-state index contributed by atoms with van der Waals surface area (Å²) in [6, 6.07) is 102. The lowest BCUT2D eigenvalue weighted by Crippen LogP contribution is -2.62. The van der Waals surface area contributed by atoms with Gasteiger partial charge in [0.15, 0.2) is 6.29 Å². The molecule has 0 aliphatic carbocycles. The van der Waals surface area contributed by atoms with E-state index in [9.17, 15) is 0 Å². The molecule has 0 radical (unpaired) electrons. The van der Waals surface area contributed by atoms with E-state index in [1.165, 1.54) is 0 Å². The Morgan fingerprint density at radius 2 is 0.381 bits per heavy atom. The van der Waals surface area contributed by atoms with Crippen molar-refractivity contribution in [3.05, 3.63) is 359 Å². The number of benzene rings is 10. The highest BCUT2D eigenvalue weighted by atomic mass is 16.7. The molecule has 10 aromatic rings. The SMILES string of the molecule is CO[C@@H]1O[C@H](CC[C@@H]2O[C@H](CC[C@@H]3O[C@H](COCc4ccccc4)[C@H](OCc4ccccc4)[C@H](OCc4ccccc4)[C@H]3OCc3ccccc3)[C@H](OCc3ccccc3)[C@H](OCc3ccccc3)[C@H]2OCc2ccccc2)[C@H](OCc2ccccc2)[C@H](OCc2ccccc2)[C@H]1OCc1ccccc1. The second-order valence-electron chi connectivity index (χ2n) is 27.2. The third kappa shape index (κ3) is 22.1. The molecule has 0 saturated carbocycles. The van der Waals surface area contributed by atoms with Crippen LogP contribution >= 0.6 is 0 Å². The first-order chi connectivity index (χ1) is 52.0. The van der Waals surface area contributed by atoms with Gasteiger partial charge in [0, 0.05) is 7.11 Å². The quantitative estimate of drug-likeness (QED) is 0.0364. The molecule has 14 nitrogen and oxygen atoms in total. The standard InChI is InChI=1S/C91H98O14/c1-92-91-90(102-65-76-50-30-11-31-51-76)89(101-64-75-48-28-10-29-49-75)85(97-60-71-40-20-6-21-41-71)80(105-91)55-54-78-83(95-58-69-36-16-4-17-37-69)87(99-62-73-44-24-8-25-45-73)82(94-57-68-34-14-3-15-35-68)77(103-78)52-53-79-84(96-59-70-38-18-5-19-39-70)88(100-63-74-46-26-9-27-47-74)86(98-61-72-42-22-7-23-43-72)81(104-79)66-93-56-67-32-12-2-13-33-67/h2-51,77-91H,52-66H2,1H3/t77-,78+,79+,80-,81-,82+,83+,84+,85+,86+,87+,88-,89+,90-,91-/m1/s1. The zero-order valence-corrected chi connectivity index (χ0v) is 59.8. The Morgan fingerprint density at radius 1 is 0.200 bits per heavy atom. The zero-order valence-electron chi connectivity index (χ0n) is 59.8. The molecule has 0 spiro atoms. The van der Waals surface area contributed by atoms with E-state index >= 15 is 0 Å². The maximum absolute atomic E-state index is 7.87. The molecule has 0 bridgehead atoms. The van der Waals surface area contributed by atoms with E-state index < -0.39 is 91.7 Å². The third-order valence-corrected chi connectivity index (χ3v) is 19.7. The van der Waals surface area contributed by atoms with Crippen molar-refractivity contribution in [3.8, 4) is 0 Å². The van der Waals surface area contributed by atoms with Crippen LogP contribution in [0.15, 0.2) is 303 Å². The van der Waals surface area contributed by atoms with E-state index in [4.69, 9.17) is 66.3 Å². The number of hydrogen-bond donors (Lipinski definition) is 0. The molecule has 3 aliphatic rings. The van der Waals surface area contributed by atoms with Crippen molar-refractivity contribution in [3.63, 3.8) is 0 Å². The fourth-order valence-corrected chi connectivity index (χ4v) is 14.3.